The third-order valence-corrected chi connectivity index (χ3v) is 0.622. The Balaban J connectivity index is 0. The van der Waals surface area contributed by atoms with E-state index in [1.54, 1.807) is 0 Å². The van der Waals surface area contributed by atoms with Gasteiger partial charge in [0.25, 0.3) is 0 Å². The number of carboxylic acid groups (broad SMARTS) is 1. The van der Waals surface area contributed by atoms with Gasteiger partial charge >= 0.3 is 5.97 Å². The number of carboxylic acids is 1. The molecule has 0 bridgehead atoms. The Morgan fingerprint density at radius 3 is 2.30 bits per heavy atom. The monoisotopic (exact) mass is 212 g/mol. The number of nitrogens with two attached hydrogens (primary N) is 1. The first-order chi connectivity index (χ1) is 4.16. The van der Waals surface area contributed by atoms with E-state index in [1.807, 2.05) is 0 Å². The number of amides is 1. The van der Waals surface area contributed by atoms with E-state index in [-0.39, 0.29) is 30.1 Å². The third-order valence-electron chi connectivity index (χ3n) is 0.622. The molecule has 5 nitrogen and oxygen atoms in total. The fraction of sp³-hybridized carbons (Fsp3) is 0.500. The average molecular weight is 213 g/mol. The maximum Gasteiger partial charge on any atom is 0.322 e. The van der Waals surface area contributed by atoms with Crippen LogP contribution in [-0.4, -0.2) is 30.1 Å². The van der Waals surface area contributed by atoms with Crippen molar-refractivity contribution in [2.75, 3.05) is 13.1 Å². The SMILES string of the molecule is Br.NCC(=O)NCC(=O)O. The quantitative estimate of drug-likeness (QED) is 0.544. The van der Waals surface area contributed by atoms with Crippen LogP contribution in [0.2, 0.25) is 0 Å². The van der Waals surface area contributed by atoms with E-state index in [0.29, 0.717) is 0 Å². The van der Waals surface area contributed by atoms with Crippen molar-refractivity contribution in [2.45, 2.75) is 0 Å². The number of rotatable bonds is 3. The number of hydrogen-bond donors (Lipinski definition) is 3. The van der Waals surface area contributed by atoms with Gasteiger partial charge in [-0.15, -0.1) is 17.0 Å². The van der Waals surface area contributed by atoms with E-state index in [0.717, 1.165) is 0 Å². The minimum Gasteiger partial charge on any atom is -0.480 e. The highest BCUT2D eigenvalue weighted by molar-refractivity contribution is 8.93. The van der Waals surface area contributed by atoms with E-state index >= 15 is 0 Å². The molecule has 0 saturated carbocycles. The summed E-state index contributed by atoms with van der Waals surface area (Å²) in [6.45, 7) is -0.538. The molecule has 4 N–H and O–H groups in total. The summed E-state index contributed by atoms with van der Waals surface area (Å²) in [4.78, 5) is 20.0. The standard InChI is InChI=1S/C4H8N2O3.BrH/c5-1-3(7)6-2-4(8)9;/h1-2,5H2,(H,6,7)(H,8,9);1H. The third kappa shape index (κ3) is 7.38. The molecule has 0 spiro atoms. The molecule has 0 radical (unpaired) electrons. The first-order valence-corrected chi connectivity index (χ1v) is 2.35. The van der Waals surface area contributed by atoms with Crippen molar-refractivity contribution in [1.29, 1.82) is 0 Å². The minimum absolute atomic E-state index is 0. The van der Waals surface area contributed by atoms with Crippen LogP contribution in [0.3, 0.4) is 0 Å². The van der Waals surface area contributed by atoms with Gasteiger partial charge in [0, 0.05) is 0 Å². The number of aliphatic carboxylic acids is 1. The molecule has 0 rings (SSSR count). The molecule has 0 atom stereocenters. The van der Waals surface area contributed by atoms with Crippen molar-refractivity contribution in [1.82, 2.24) is 5.32 Å². The van der Waals surface area contributed by atoms with E-state index < -0.39 is 11.9 Å². The molecule has 0 aliphatic rings. The Kier molecular flexibility index (Phi) is 7.86. The van der Waals surface area contributed by atoms with Gasteiger partial charge in [0.15, 0.2) is 0 Å². The highest BCUT2D eigenvalue weighted by Gasteiger charge is 1.98. The van der Waals surface area contributed by atoms with Gasteiger partial charge in [-0.3, -0.25) is 9.59 Å². The van der Waals surface area contributed by atoms with Crippen molar-refractivity contribution in [3.8, 4) is 0 Å². The molecule has 0 aliphatic heterocycles. The summed E-state index contributed by atoms with van der Waals surface area (Å²) >= 11 is 0. The fourth-order valence-electron chi connectivity index (χ4n) is 0.246. The highest BCUT2D eigenvalue weighted by Crippen LogP contribution is 1.60. The predicted molar refractivity (Wildman–Crippen MR) is 40.0 cm³/mol. The zero-order valence-corrected chi connectivity index (χ0v) is 6.88. The van der Waals surface area contributed by atoms with Gasteiger partial charge in [-0.05, 0) is 0 Å². The maximum atomic E-state index is 10.2. The minimum atomic E-state index is -1.07. The molecule has 1 amide bonds. The van der Waals surface area contributed by atoms with Crippen LogP contribution in [0.1, 0.15) is 0 Å². The lowest BCUT2D eigenvalue weighted by Gasteiger charge is -1.95. The summed E-state index contributed by atoms with van der Waals surface area (Å²) in [6, 6.07) is 0. The van der Waals surface area contributed by atoms with Crippen LogP contribution < -0.4 is 11.1 Å². The van der Waals surface area contributed by atoms with Crippen LogP contribution in [-0.2, 0) is 9.59 Å². The second-order valence-electron chi connectivity index (χ2n) is 1.37. The van der Waals surface area contributed by atoms with Gasteiger partial charge < -0.3 is 16.2 Å². The van der Waals surface area contributed by atoms with Crippen LogP contribution in [0, 0.1) is 0 Å². The van der Waals surface area contributed by atoms with Crippen molar-refractivity contribution >= 4 is 28.9 Å². The molecule has 60 valence electrons. The Morgan fingerprint density at radius 2 is 2.00 bits per heavy atom. The highest BCUT2D eigenvalue weighted by atomic mass is 79.9. The van der Waals surface area contributed by atoms with E-state index in [4.69, 9.17) is 10.8 Å². The largest absolute Gasteiger partial charge is 0.480 e. The van der Waals surface area contributed by atoms with Gasteiger partial charge in [-0.2, -0.15) is 0 Å². The number of nitrogens with one attached hydrogen (secondary N) is 1. The van der Waals surface area contributed by atoms with E-state index in [2.05, 4.69) is 5.32 Å². The van der Waals surface area contributed by atoms with Gasteiger partial charge in [0.05, 0.1) is 6.54 Å². The average Bonchev–Trinajstić information content (AvgIpc) is 1.83. The number of halogens is 1. The first-order valence-electron chi connectivity index (χ1n) is 2.35. The molecule has 0 aliphatic carbocycles. The molecule has 0 aromatic rings. The molecule has 0 heterocycles. The lowest BCUT2D eigenvalue weighted by Crippen LogP contribution is -2.34. The maximum absolute atomic E-state index is 10.2. The van der Waals surface area contributed by atoms with Gasteiger partial charge in [0.2, 0.25) is 5.91 Å². The lowest BCUT2D eigenvalue weighted by molar-refractivity contribution is -0.137. The number of carbonyl (C=O) groups is 2. The number of carbonyl (C=O) groups excluding carboxylic acids is 1. The zero-order chi connectivity index (χ0) is 7.28. The molecule has 0 aromatic carbocycles. The summed E-state index contributed by atoms with van der Waals surface area (Å²) in [5.41, 5.74) is 4.85. The van der Waals surface area contributed by atoms with Crippen LogP contribution in [0.15, 0.2) is 0 Å². The summed E-state index contributed by atoms with van der Waals surface area (Å²) in [7, 11) is 0. The second-order valence-corrected chi connectivity index (χ2v) is 1.37. The Morgan fingerprint density at radius 1 is 1.50 bits per heavy atom. The summed E-state index contributed by atoms with van der Waals surface area (Å²) < 4.78 is 0. The van der Waals surface area contributed by atoms with Crippen LogP contribution in [0.5, 0.6) is 0 Å². The van der Waals surface area contributed by atoms with Crippen molar-refractivity contribution in [2.24, 2.45) is 5.73 Å². The summed E-state index contributed by atoms with van der Waals surface area (Å²) in [5, 5.41) is 10.1. The van der Waals surface area contributed by atoms with E-state index in [1.165, 1.54) is 0 Å². The lowest BCUT2D eigenvalue weighted by atomic mass is 10.5. The second kappa shape index (κ2) is 6.50. The molecular formula is C4H9BrN2O3. The summed E-state index contributed by atoms with van der Waals surface area (Å²) in [5.74, 6) is -1.53. The molecule has 0 aromatic heterocycles. The molecule has 10 heavy (non-hydrogen) atoms. The van der Waals surface area contributed by atoms with Crippen molar-refractivity contribution in [3.63, 3.8) is 0 Å². The predicted octanol–water partition coefficient (Wildman–Crippen LogP) is -1.28. The molecule has 6 heteroatoms. The van der Waals surface area contributed by atoms with Crippen LogP contribution >= 0.6 is 17.0 Å². The summed E-state index contributed by atoms with van der Waals surface area (Å²) in [6.07, 6.45) is 0. The van der Waals surface area contributed by atoms with Crippen LogP contribution in [0.4, 0.5) is 0 Å². The topological polar surface area (TPSA) is 92.4 Å². The Hall–Kier alpha value is -0.620. The fourth-order valence-corrected chi connectivity index (χ4v) is 0.246. The smallest absolute Gasteiger partial charge is 0.322 e. The van der Waals surface area contributed by atoms with Crippen molar-refractivity contribution < 1.29 is 14.7 Å². The van der Waals surface area contributed by atoms with Crippen molar-refractivity contribution in [3.05, 3.63) is 0 Å². The van der Waals surface area contributed by atoms with E-state index in [9.17, 15) is 9.59 Å². The molecule has 0 unspecified atom stereocenters. The van der Waals surface area contributed by atoms with Gasteiger partial charge in [-0.25, -0.2) is 0 Å². The first kappa shape index (κ1) is 12.1. The van der Waals surface area contributed by atoms with Gasteiger partial charge in [-0.1, -0.05) is 0 Å². The molecule has 0 fully saturated rings. The van der Waals surface area contributed by atoms with Gasteiger partial charge in [0.1, 0.15) is 6.54 Å². The Bertz CT molecular complexity index is 128. The molecule has 0 saturated heterocycles. The van der Waals surface area contributed by atoms with Crippen LogP contribution in [0.25, 0.3) is 0 Å². The zero-order valence-electron chi connectivity index (χ0n) is 5.16. The molecular weight excluding hydrogens is 204 g/mol. The Labute approximate surface area is 68.4 Å². The number of hydrogen-bond acceptors (Lipinski definition) is 3. The normalized spacial score (nSPS) is 7.70.